The third-order valence-corrected chi connectivity index (χ3v) is 4.74. The molecule has 1 amide bonds. The quantitative estimate of drug-likeness (QED) is 0.721. The second kappa shape index (κ2) is 6.67. The molecule has 1 unspecified atom stereocenters. The van der Waals surface area contributed by atoms with Gasteiger partial charge < -0.3 is 0 Å². The maximum atomic E-state index is 12.5. The summed E-state index contributed by atoms with van der Waals surface area (Å²) in [5.41, 5.74) is 5.83. The number of hydrazone groups is 1. The number of hydrogen-bond donors (Lipinski definition) is 0. The number of amides is 1. The summed E-state index contributed by atoms with van der Waals surface area (Å²) >= 11 is 0. The highest BCUT2D eigenvalue weighted by atomic mass is 16.2. The Labute approximate surface area is 152 Å². The Bertz CT molecular complexity index is 989. The first-order valence-corrected chi connectivity index (χ1v) is 8.83. The van der Waals surface area contributed by atoms with E-state index in [1.807, 2.05) is 25.1 Å². The van der Waals surface area contributed by atoms with Gasteiger partial charge in [0.25, 0.3) is 0 Å². The zero-order valence-corrected chi connectivity index (χ0v) is 14.9. The maximum absolute atomic E-state index is 12.5. The number of fused-ring (bicyclic) bond motifs is 1. The van der Waals surface area contributed by atoms with Crippen molar-refractivity contribution >= 4 is 22.7 Å². The number of para-hydroxylation sites is 1. The standard InChI is InChI=1S/C21H20N4O/c1-3-20(26)25-19(13-18(24-25)15-9-7-14(2)8-10-15)16-5-4-6-17-21(16)23-12-11-22-17/h4-12,19H,3,13H2,1-2H3. The molecule has 4 rings (SSSR count). The van der Waals surface area contributed by atoms with Crippen LogP contribution < -0.4 is 0 Å². The van der Waals surface area contributed by atoms with E-state index in [4.69, 9.17) is 0 Å². The number of carbonyl (C=O) groups excluding carboxylic acids is 1. The minimum absolute atomic E-state index is 0.0120. The van der Waals surface area contributed by atoms with Crippen LogP contribution in [0.5, 0.6) is 0 Å². The average molecular weight is 344 g/mol. The van der Waals surface area contributed by atoms with Crippen molar-refractivity contribution in [2.24, 2.45) is 5.10 Å². The molecule has 3 aromatic rings. The third-order valence-electron chi connectivity index (χ3n) is 4.74. The van der Waals surface area contributed by atoms with Gasteiger partial charge in [0.2, 0.25) is 5.91 Å². The van der Waals surface area contributed by atoms with Crippen LogP contribution in [0.15, 0.2) is 60.0 Å². The van der Waals surface area contributed by atoms with E-state index >= 15 is 0 Å². The van der Waals surface area contributed by atoms with Crippen LogP contribution in [0.2, 0.25) is 0 Å². The second-order valence-corrected chi connectivity index (χ2v) is 6.50. The van der Waals surface area contributed by atoms with Gasteiger partial charge >= 0.3 is 0 Å². The van der Waals surface area contributed by atoms with Gasteiger partial charge in [0.15, 0.2) is 0 Å². The molecule has 1 atom stereocenters. The number of carbonyl (C=O) groups is 1. The van der Waals surface area contributed by atoms with Gasteiger partial charge in [-0.05, 0) is 18.6 Å². The molecule has 0 saturated carbocycles. The molecule has 130 valence electrons. The molecule has 1 aliphatic rings. The van der Waals surface area contributed by atoms with Crippen LogP contribution in [0.25, 0.3) is 11.0 Å². The zero-order chi connectivity index (χ0) is 18.1. The molecular formula is C21H20N4O. The van der Waals surface area contributed by atoms with E-state index in [0.717, 1.165) is 27.9 Å². The van der Waals surface area contributed by atoms with E-state index in [1.54, 1.807) is 17.4 Å². The largest absolute Gasteiger partial charge is 0.273 e. The van der Waals surface area contributed by atoms with Gasteiger partial charge in [-0.15, -0.1) is 0 Å². The molecule has 0 saturated heterocycles. The van der Waals surface area contributed by atoms with Crippen molar-refractivity contribution in [1.82, 2.24) is 15.0 Å². The Kier molecular flexibility index (Phi) is 4.21. The monoisotopic (exact) mass is 344 g/mol. The third kappa shape index (κ3) is 2.86. The SMILES string of the molecule is CCC(=O)N1N=C(c2ccc(C)cc2)CC1c1cccc2nccnc12. The highest BCUT2D eigenvalue weighted by molar-refractivity contribution is 6.03. The van der Waals surface area contributed by atoms with E-state index in [0.29, 0.717) is 12.8 Å². The lowest BCUT2D eigenvalue weighted by molar-refractivity contribution is -0.132. The fourth-order valence-electron chi connectivity index (χ4n) is 3.35. The summed E-state index contributed by atoms with van der Waals surface area (Å²) in [6.45, 7) is 3.92. The Morgan fingerprint density at radius 1 is 1.12 bits per heavy atom. The van der Waals surface area contributed by atoms with Crippen LogP contribution in [-0.4, -0.2) is 26.6 Å². The zero-order valence-electron chi connectivity index (χ0n) is 14.9. The highest BCUT2D eigenvalue weighted by Gasteiger charge is 2.33. The van der Waals surface area contributed by atoms with Gasteiger partial charge in [-0.1, -0.05) is 48.9 Å². The molecule has 0 radical (unpaired) electrons. The number of nitrogens with zero attached hydrogens (tertiary/aromatic N) is 4. The number of hydrogen-bond acceptors (Lipinski definition) is 4. The van der Waals surface area contributed by atoms with Crippen LogP contribution >= 0.6 is 0 Å². The van der Waals surface area contributed by atoms with E-state index in [9.17, 15) is 4.79 Å². The fourth-order valence-corrected chi connectivity index (χ4v) is 3.35. The molecule has 1 aliphatic heterocycles. The number of rotatable bonds is 3. The molecule has 1 aromatic heterocycles. The number of benzene rings is 2. The molecule has 0 N–H and O–H groups in total. The smallest absolute Gasteiger partial charge is 0.242 e. The highest BCUT2D eigenvalue weighted by Crippen LogP contribution is 2.35. The maximum Gasteiger partial charge on any atom is 0.242 e. The van der Waals surface area contributed by atoms with Crippen LogP contribution in [0.3, 0.4) is 0 Å². The van der Waals surface area contributed by atoms with Crippen molar-refractivity contribution in [2.45, 2.75) is 32.7 Å². The van der Waals surface area contributed by atoms with Crippen molar-refractivity contribution in [1.29, 1.82) is 0 Å². The summed E-state index contributed by atoms with van der Waals surface area (Å²) in [6, 6.07) is 14.0. The van der Waals surface area contributed by atoms with Gasteiger partial charge in [-0.2, -0.15) is 5.10 Å². The molecule has 0 fully saturated rings. The summed E-state index contributed by atoms with van der Waals surface area (Å²) in [5.74, 6) is 0.0120. The normalized spacial score (nSPS) is 16.8. The minimum atomic E-state index is -0.154. The van der Waals surface area contributed by atoms with Crippen molar-refractivity contribution in [2.75, 3.05) is 0 Å². The van der Waals surface area contributed by atoms with Gasteiger partial charge in [0.05, 0.1) is 22.8 Å². The lowest BCUT2D eigenvalue weighted by Crippen LogP contribution is -2.26. The summed E-state index contributed by atoms with van der Waals surface area (Å²) in [5, 5.41) is 6.30. The predicted molar refractivity (Wildman–Crippen MR) is 102 cm³/mol. The van der Waals surface area contributed by atoms with Crippen LogP contribution in [0.4, 0.5) is 0 Å². The van der Waals surface area contributed by atoms with E-state index < -0.39 is 0 Å². The van der Waals surface area contributed by atoms with Gasteiger partial charge in [-0.3, -0.25) is 14.8 Å². The van der Waals surface area contributed by atoms with Crippen LogP contribution in [0.1, 0.15) is 42.5 Å². The topological polar surface area (TPSA) is 58.5 Å². The Morgan fingerprint density at radius 2 is 1.88 bits per heavy atom. The molecule has 2 aromatic carbocycles. The van der Waals surface area contributed by atoms with Gasteiger partial charge in [0.1, 0.15) is 0 Å². The summed E-state index contributed by atoms with van der Waals surface area (Å²) in [7, 11) is 0. The molecule has 0 spiro atoms. The second-order valence-electron chi connectivity index (χ2n) is 6.50. The van der Waals surface area contributed by atoms with Crippen molar-refractivity contribution in [3.63, 3.8) is 0 Å². The Balaban J connectivity index is 1.78. The minimum Gasteiger partial charge on any atom is -0.273 e. The summed E-state index contributed by atoms with van der Waals surface area (Å²) in [4.78, 5) is 21.4. The van der Waals surface area contributed by atoms with Crippen LogP contribution in [-0.2, 0) is 4.79 Å². The number of aryl methyl sites for hydroxylation is 1. The molecule has 0 bridgehead atoms. The summed E-state index contributed by atoms with van der Waals surface area (Å²) in [6.07, 6.45) is 4.46. The first kappa shape index (κ1) is 16.4. The summed E-state index contributed by atoms with van der Waals surface area (Å²) < 4.78 is 0. The van der Waals surface area contributed by atoms with Gasteiger partial charge in [0, 0.05) is 30.8 Å². The van der Waals surface area contributed by atoms with E-state index in [-0.39, 0.29) is 11.9 Å². The Hall–Kier alpha value is -3.08. The Morgan fingerprint density at radius 3 is 2.65 bits per heavy atom. The molecule has 5 heteroatoms. The predicted octanol–water partition coefficient (Wildman–Crippen LogP) is 4.03. The molecular weight excluding hydrogens is 324 g/mol. The van der Waals surface area contributed by atoms with E-state index in [1.165, 1.54) is 5.56 Å². The molecule has 2 heterocycles. The lowest BCUT2D eigenvalue weighted by Gasteiger charge is -2.22. The van der Waals surface area contributed by atoms with E-state index in [2.05, 4.69) is 46.3 Å². The lowest BCUT2D eigenvalue weighted by atomic mass is 9.96. The first-order valence-electron chi connectivity index (χ1n) is 8.83. The molecule has 5 nitrogen and oxygen atoms in total. The van der Waals surface area contributed by atoms with Crippen LogP contribution in [0, 0.1) is 6.92 Å². The average Bonchev–Trinajstić information content (AvgIpc) is 3.12. The molecule has 26 heavy (non-hydrogen) atoms. The van der Waals surface area contributed by atoms with Crippen molar-refractivity contribution in [3.05, 3.63) is 71.5 Å². The number of aromatic nitrogens is 2. The fraction of sp³-hybridized carbons (Fsp3) is 0.238. The van der Waals surface area contributed by atoms with Gasteiger partial charge in [-0.25, -0.2) is 5.01 Å². The van der Waals surface area contributed by atoms with Crippen molar-refractivity contribution < 1.29 is 4.79 Å². The molecule has 0 aliphatic carbocycles. The van der Waals surface area contributed by atoms with Crippen molar-refractivity contribution in [3.8, 4) is 0 Å². The first-order chi connectivity index (χ1) is 12.7.